The normalized spacial score (nSPS) is 27.5. The summed E-state index contributed by atoms with van der Waals surface area (Å²) in [6.07, 6.45) is 6.80. The maximum atomic E-state index is 12.0. The molecule has 2 fully saturated rings. The fourth-order valence-electron chi connectivity index (χ4n) is 3.89. The zero-order valence-electron chi connectivity index (χ0n) is 12.0. The number of hydrogen-bond acceptors (Lipinski definition) is 3. The summed E-state index contributed by atoms with van der Waals surface area (Å²) in [7, 11) is 0. The Morgan fingerprint density at radius 2 is 2.05 bits per heavy atom. The Morgan fingerprint density at radius 3 is 2.71 bits per heavy atom. The summed E-state index contributed by atoms with van der Waals surface area (Å²) in [6.45, 7) is 2.02. The minimum absolute atomic E-state index is 0. The van der Waals surface area contributed by atoms with E-state index in [0.717, 1.165) is 25.9 Å². The standard InChI is InChI=1S/C15H21ClN2O2.ClH/c16-12-3-8-18(13(19)9-12)11-15(20)6-7-17-10-14(15)4-1-2-5-14;/h3,8-9,17,20H,1-2,4-7,10-11H2;1H. The van der Waals surface area contributed by atoms with Gasteiger partial charge in [-0.3, -0.25) is 4.79 Å². The lowest BCUT2D eigenvalue weighted by atomic mass is 9.66. The summed E-state index contributed by atoms with van der Waals surface area (Å²) in [6, 6.07) is 3.11. The van der Waals surface area contributed by atoms with Crippen molar-refractivity contribution in [3.05, 3.63) is 33.7 Å². The van der Waals surface area contributed by atoms with Crippen LogP contribution in [-0.4, -0.2) is 28.4 Å². The van der Waals surface area contributed by atoms with Gasteiger partial charge in [-0.05, 0) is 31.9 Å². The molecule has 21 heavy (non-hydrogen) atoms. The number of nitrogens with zero attached hydrogens (tertiary/aromatic N) is 1. The van der Waals surface area contributed by atoms with Gasteiger partial charge < -0.3 is 15.0 Å². The molecule has 1 aromatic rings. The van der Waals surface area contributed by atoms with Gasteiger partial charge >= 0.3 is 0 Å². The van der Waals surface area contributed by atoms with Crippen molar-refractivity contribution in [1.82, 2.24) is 9.88 Å². The molecule has 1 aliphatic heterocycles. The Labute approximate surface area is 135 Å². The highest BCUT2D eigenvalue weighted by atomic mass is 35.5. The Bertz CT molecular complexity index is 555. The molecular formula is C15H22Cl2N2O2. The lowest BCUT2D eigenvalue weighted by Crippen LogP contribution is -2.60. The molecule has 0 amide bonds. The average molecular weight is 333 g/mol. The maximum absolute atomic E-state index is 12.0. The third kappa shape index (κ3) is 3.00. The van der Waals surface area contributed by atoms with E-state index in [1.807, 2.05) is 0 Å². The van der Waals surface area contributed by atoms with Gasteiger partial charge in [-0.1, -0.05) is 24.4 Å². The van der Waals surface area contributed by atoms with Crippen LogP contribution in [0.25, 0.3) is 0 Å². The molecule has 2 heterocycles. The molecule has 2 N–H and O–H groups in total. The number of aromatic nitrogens is 1. The van der Waals surface area contributed by atoms with Crippen molar-refractivity contribution in [2.75, 3.05) is 13.1 Å². The van der Waals surface area contributed by atoms with Gasteiger partial charge in [0.25, 0.3) is 5.56 Å². The fourth-order valence-corrected chi connectivity index (χ4v) is 4.04. The molecular weight excluding hydrogens is 311 g/mol. The van der Waals surface area contributed by atoms with E-state index in [1.54, 1.807) is 16.8 Å². The van der Waals surface area contributed by atoms with Crippen LogP contribution in [0.4, 0.5) is 0 Å². The van der Waals surface area contributed by atoms with Crippen LogP contribution in [0, 0.1) is 5.41 Å². The zero-order valence-corrected chi connectivity index (χ0v) is 13.6. The lowest BCUT2D eigenvalue weighted by Gasteiger charge is -2.49. The van der Waals surface area contributed by atoms with Crippen molar-refractivity contribution >= 4 is 24.0 Å². The first-order valence-electron chi connectivity index (χ1n) is 7.34. The molecule has 0 aromatic carbocycles. The van der Waals surface area contributed by atoms with Crippen LogP contribution in [0.1, 0.15) is 32.1 Å². The quantitative estimate of drug-likeness (QED) is 0.873. The number of hydrogen-bond donors (Lipinski definition) is 2. The van der Waals surface area contributed by atoms with Gasteiger partial charge in [0.15, 0.2) is 0 Å². The Hall–Kier alpha value is -0.550. The molecule has 1 spiro atoms. The number of piperidine rings is 1. The van der Waals surface area contributed by atoms with Crippen molar-refractivity contribution < 1.29 is 5.11 Å². The number of nitrogens with one attached hydrogen (secondary N) is 1. The van der Waals surface area contributed by atoms with Crippen LogP contribution in [-0.2, 0) is 6.54 Å². The summed E-state index contributed by atoms with van der Waals surface area (Å²) in [5.41, 5.74) is -1.02. The van der Waals surface area contributed by atoms with Crippen molar-refractivity contribution in [3.63, 3.8) is 0 Å². The molecule has 4 nitrogen and oxygen atoms in total. The van der Waals surface area contributed by atoms with Crippen LogP contribution in [0.5, 0.6) is 0 Å². The summed E-state index contributed by atoms with van der Waals surface area (Å²) in [5.74, 6) is 0. The van der Waals surface area contributed by atoms with Gasteiger partial charge in [-0.2, -0.15) is 0 Å². The minimum Gasteiger partial charge on any atom is -0.387 e. The van der Waals surface area contributed by atoms with Crippen LogP contribution in [0.2, 0.25) is 5.02 Å². The highest BCUT2D eigenvalue weighted by Crippen LogP contribution is 2.49. The first-order valence-corrected chi connectivity index (χ1v) is 7.72. The van der Waals surface area contributed by atoms with E-state index in [1.165, 1.54) is 18.9 Å². The summed E-state index contributed by atoms with van der Waals surface area (Å²) >= 11 is 5.83. The largest absolute Gasteiger partial charge is 0.387 e. The SMILES string of the molecule is Cl.O=c1cc(Cl)ccn1CC1(O)CCNCC12CCCC2. The Balaban J connectivity index is 0.00000161. The van der Waals surface area contributed by atoms with E-state index in [9.17, 15) is 9.90 Å². The predicted octanol–water partition coefficient (Wildman–Crippen LogP) is 2.21. The number of rotatable bonds is 2. The number of aliphatic hydroxyl groups is 1. The average Bonchev–Trinajstić information content (AvgIpc) is 2.87. The molecule has 1 unspecified atom stereocenters. The molecule has 1 saturated heterocycles. The third-order valence-corrected chi connectivity index (χ3v) is 5.35. The molecule has 0 radical (unpaired) electrons. The second-order valence-corrected chi connectivity index (χ2v) is 6.69. The molecule has 118 valence electrons. The first-order chi connectivity index (χ1) is 9.55. The van der Waals surface area contributed by atoms with Crippen LogP contribution < -0.4 is 10.9 Å². The van der Waals surface area contributed by atoms with Gasteiger partial charge in [0.2, 0.25) is 0 Å². The lowest BCUT2D eigenvalue weighted by molar-refractivity contribution is -0.115. The van der Waals surface area contributed by atoms with Gasteiger partial charge in [-0.15, -0.1) is 12.4 Å². The minimum atomic E-state index is -0.799. The van der Waals surface area contributed by atoms with E-state index in [4.69, 9.17) is 11.6 Å². The van der Waals surface area contributed by atoms with Crippen molar-refractivity contribution in [2.45, 2.75) is 44.2 Å². The maximum Gasteiger partial charge on any atom is 0.252 e. The molecule has 3 rings (SSSR count). The van der Waals surface area contributed by atoms with E-state index >= 15 is 0 Å². The topological polar surface area (TPSA) is 54.3 Å². The number of halogens is 2. The van der Waals surface area contributed by atoms with Crippen LogP contribution in [0.3, 0.4) is 0 Å². The van der Waals surface area contributed by atoms with E-state index in [2.05, 4.69) is 5.32 Å². The van der Waals surface area contributed by atoms with Gasteiger partial charge in [0.05, 0.1) is 12.1 Å². The van der Waals surface area contributed by atoms with Crippen molar-refractivity contribution in [2.24, 2.45) is 5.41 Å². The second kappa shape index (κ2) is 6.29. The molecule has 1 atom stereocenters. The highest BCUT2D eigenvalue weighted by Gasteiger charge is 2.53. The van der Waals surface area contributed by atoms with Gasteiger partial charge in [0, 0.05) is 29.2 Å². The molecule has 0 bridgehead atoms. The van der Waals surface area contributed by atoms with Gasteiger partial charge in [0.1, 0.15) is 0 Å². The monoisotopic (exact) mass is 332 g/mol. The van der Waals surface area contributed by atoms with Crippen LogP contribution in [0.15, 0.2) is 23.1 Å². The highest BCUT2D eigenvalue weighted by molar-refractivity contribution is 6.30. The third-order valence-electron chi connectivity index (χ3n) is 5.12. The van der Waals surface area contributed by atoms with E-state index < -0.39 is 5.60 Å². The molecule has 1 aromatic heterocycles. The second-order valence-electron chi connectivity index (χ2n) is 6.26. The van der Waals surface area contributed by atoms with Crippen molar-refractivity contribution in [1.29, 1.82) is 0 Å². The summed E-state index contributed by atoms with van der Waals surface area (Å²) in [5, 5.41) is 15.1. The van der Waals surface area contributed by atoms with E-state index in [0.29, 0.717) is 18.0 Å². The zero-order chi connectivity index (χ0) is 14.2. The first kappa shape index (κ1) is 16.8. The smallest absolute Gasteiger partial charge is 0.252 e. The molecule has 1 aliphatic carbocycles. The molecule has 1 saturated carbocycles. The molecule has 2 aliphatic rings. The van der Waals surface area contributed by atoms with Crippen LogP contribution >= 0.6 is 24.0 Å². The van der Waals surface area contributed by atoms with E-state index in [-0.39, 0.29) is 23.4 Å². The summed E-state index contributed by atoms with van der Waals surface area (Å²) < 4.78 is 1.59. The van der Waals surface area contributed by atoms with Crippen molar-refractivity contribution in [3.8, 4) is 0 Å². The molecule has 6 heteroatoms. The Morgan fingerprint density at radius 1 is 1.33 bits per heavy atom. The Kier molecular flexibility index (Phi) is 5.03. The summed E-state index contributed by atoms with van der Waals surface area (Å²) in [4.78, 5) is 12.0. The van der Waals surface area contributed by atoms with Gasteiger partial charge in [-0.25, -0.2) is 0 Å². The predicted molar refractivity (Wildman–Crippen MR) is 86.3 cm³/mol. The number of pyridine rings is 1. The fraction of sp³-hybridized carbons (Fsp3) is 0.667.